The van der Waals surface area contributed by atoms with Gasteiger partial charge in [0, 0.05) is 12.7 Å². The first-order chi connectivity index (χ1) is 6.29. The summed E-state index contributed by atoms with van der Waals surface area (Å²) in [4.78, 5) is 0. The molecule has 1 rings (SSSR count). The molecule has 3 nitrogen and oxygen atoms in total. The molecule has 0 saturated carbocycles. The second-order valence-corrected chi connectivity index (χ2v) is 2.77. The van der Waals surface area contributed by atoms with Gasteiger partial charge in [0.25, 0.3) is 0 Å². The number of aliphatic hydroxyl groups is 1. The third kappa shape index (κ3) is 2.44. The number of hydrogen-bond acceptors (Lipinski definition) is 3. The summed E-state index contributed by atoms with van der Waals surface area (Å²) in [5, 5.41) is 9.02. The summed E-state index contributed by atoms with van der Waals surface area (Å²) >= 11 is 0. The molecule has 13 heavy (non-hydrogen) atoms. The highest BCUT2D eigenvalue weighted by atomic mass is 16.7. The Morgan fingerprint density at radius 1 is 1.38 bits per heavy atom. The lowest BCUT2D eigenvalue weighted by Gasteiger charge is -2.11. The fraction of sp³-hybridized carbons (Fsp3) is 0.400. The van der Waals surface area contributed by atoms with Gasteiger partial charge in [-0.2, -0.15) is 0 Å². The first kappa shape index (κ1) is 10.0. The SMILES string of the molecule is COCOc1c(C)cccc1CO. The van der Waals surface area contributed by atoms with E-state index in [1.165, 1.54) is 0 Å². The summed E-state index contributed by atoms with van der Waals surface area (Å²) in [5.41, 5.74) is 1.79. The van der Waals surface area contributed by atoms with Crippen molar-refractivity contribution in [3.05, 3.63) is 29.3 Å². The number of para-hydroxylation sites is 1. The van der Waals surface area contributed by atoms with Gasteiger partial charge >= 0.3 is 0 Å². The van der Waals surface area contributed by atoms with Gasteiger partial charge in [-0.1, -0.05) is 18.2 Å². The lowest BCUT2D eigenvalue weighted by atomic mass is 10.1. The predicted octanol–water partition coefficient (Wildman–Crippen LogP) is 1.47. The van der Waals surface area contributed by atoms with Crippen LogP contribution in [0.25, 0.3) is 0 Å². The average Bonchev–Trinajstić information content (AvgIpc) is 2.15. The van der Waals surface area contributed by atoms with Crippen molar-refractivity contribution in [2.24, 2.45) is 0 Å². The molecule has 1 aromatic carbocycles. The van der Waals surface area contributed by atoms with Crippen molar-refractivity contribution in [2.75, 3.05) is 13.9 Å². The van der Waals surface area contributed by atoms with E-state index in [1.54, 1.807) is 7.11 Å². The summed E-state index contributed by atoms with van der Waals surface area (Å²) in [7, 11) is 1.57. The molecule has 0 amide bonds. The molecule has 0 aliphatic rings. The first-order valence-corrected chi connectivity index (χ1v) is 4.10. The number of ether oxygens (including phenoxy) is 2. The quantitative estimate of drug-likeness (QED) is 0.716. The van der Waals surface area contributed by atoms with E-state index in [0.717, 1.165) is 11.1 Å². The maximum atomic E-state index is 9.02. The van der Waals surface area contributed by atoms with Crippen LogP contribution in [0.5, 0.6) is 5.75 Å². The van der Waals surface area contributed by atoms with Crippen LogP contribution in [0.2, 0.25) is 0 Å². The third-order valence-corrected chi connectivity index (χ3v) is 1.78. The highest BCUT2D eigenvalue weighted by molar-refractivity contribution is 5.40. The summed E-state index contributed by atoms with van der Waals surface area (Å²) in [6.07, 6.45) is 0. The van der Waals surface area contributed by atoms with Crippen molar-refractivity contribution < 1.29 is 14.6 Å². The molecule has 3 heteroatoms. The van der Waals surface area contributed by atoms with E-state index in [-0.39, 0.29) is 13.4 Å². The van der Waals surface area contributed by atoms with Crippen molar-refractivity contribution >= 4 is 0 Å². The Morgan fingerprint density at radius 2 is 2.15 bits per heavy atom. The third-order valence-electron chi connectivity index (χ3n) is 1.78. The van der Waals surface area contributed by atoms with E-state index < -0.39 is 0 Å². The maximum Gasteiger partial charge on any atom is 0.188 e. The number of aliphatic hydroxyl groups excluding tert-OH is 1. The van der Waals surface area contributed by atoms with Crippen molar-refractivity contribution in [2.45, 2.75) is 13.5 Å². The van der Waals surface area contributed by atoms with Crippen LogP contribution in [-0.2, 0) is 11.3 Å². The van der Waals surface area contributed by atoms with Gasteiger partial charge < -0.3 is 14.6 Å². The van der Waals surface area contributed by atoms with Crippen molar-refractivity contribution in [3.63, 3.8) is 0 Å². The van der Waals surface area contributed by atoms with Crippen molar-refractivity contribution in [1.29, 1.82) is 0 Å². The van der Waals surface area contributed by atoms with Crippen LogP contribution in [0.15, 0.2) is 18.2 Å². The second kappa shape index (κ2) is 4.84. The standard InChI is InChI=1S/C10H14O3/c1-8-4-3-5-9(6-11)10(8)13-7-12-2/h3-5,11H,6-7H2,1-2H3. The summed E-state index contributed by atoms with van der Waals surface area (Å²) in [6.45, 7) is 2.13. The van der Waals surface area contributed by atoms with E-state index in [0.29, 0.717) is 5.75 Å². The number of methoxy groups -OCH3 is 1. The molecule has 1 aromatic rings. The van der Waals surface area contributed by atoms with Crippen LogP contribution >= 0.6 is 0 Å². The van der Waals surface area contributed by atoms with Gasteiger partial charge in [-0.3, -0.25) is 0 Å². The summed E-state index contributed by atoms with van der Waals surface area (Å²) < 4.78 is 10.1. The van der Waals surface area contributed by atoms with Crippen LogP contribution in [-0.4, -0.2) is 19.0 Å². The van der Waals surface area contributed by atoms with Crippen LogP contribution in [0, 0.1) is 6.92 Å². The van der Waals surface area contributed by atoms with Crippen LogP contribution < -0.4 is 4.74 Å². The van der Waals surface area contributed by atoms with Crippen LogP contribution in [0.1, 0.15) is 11.1 Å². The van der Waals surface area contributed by atoms with Crippen molar-refractivity contribution in [3.8, 4) is 5.75 Å². The summed E-state index contributed by atoms with van der Waals surface area (Å²) in [6, 6.07) is 5.66. The molecule has 0 atom stereocenters. The van der Waals surface area contributed by atoms with Gasteiger partial charge in [0.05, 0.1) is 6.61 Å². The summed E-state index contributed by atoms with van der Waals surface area (Å²) in [5.74, 6) is 0.715. The van der Waals surface area contributed by atoms with Gasteiger partial charge in [-0.25, -0.2) is 0 Å². The lowest BCUT2D eigenvalue weighted by molar-refractivity contribution is 0.0490. The second-order valence-electron chi connectivity index (χ2n) is 2.77. The average molecular weight is 182 g/mol. The number of rotatable bonds is 4. The zero-order valence-corrected chi connectivity index (χ0v) is 7.91. The monoisotopic (exact) mass is 182 g/mol. The zero-order valence-electron chi connectivity index (χ0n) is 7.91. The Morgan fingerprint density at radius 3 is 2.77 bits per heavy atom. The van der Waals surface area contributed by atoms with Gasteiger partial charge in [0.15, 0.2) is 6.79 Å². The molecule has 0 heterocycles. The highest BCUT2D eigenvalue weighted by Crippen LogP contribution is 2.23. The number of hydrogen-bond donors (Lipinski definition) is 1. The van der Waals surface area contributed by atoms with E-state index in [1.807, 2.05) is 25.1 Å². The minimum absolute atomic E-state index is 0.0132. The molecular weight excluding hydrogens is 168 g/mol. The van der Waals surface area contributed by atoms with E-state index >= 15 is 0 Å². The first-order valence-electron chi connectivity index (χ1n) is 4.10. The molecule has 72 valence electrons. The van der Waals surface area contributed by atoms with Gasteiger partial charge in [-0.05, 0) is 12.5 Å². The minimum atomic E-state index is -0.0132. The maximum absolute atomic E-state index is 9.02. The molecule has 0 unspecified atom stereocenters. The molecular formula is C10H14O3. The molecule has 0 saturated heterocycles. The van der Waals surface area contributed by atoms with Crippen molar-refractivity contribution in [1.82, 2.24) is 0 Å². The van der Waals surface area contributed by atoms with E-state index in [4.69, 9.17) is 14.6 Å². The van der Waals surface area contributed by atoms with Crippen LogP contribution in [0.4, 0.5) is 0 Å². The van der Waals surface area contributed by atoms with Gasteiger partial charge in [-0.15, -0.1) is 0 Å². The lowest BCUT2D eigenvalue weighted by Crippen LogP contribution is -2.03. The topological polar surface area (TPSA) is 38.7 Å². The molecule has 0 radical (unpaired) electrons. The molecule has 0 bridgehead atoms. The van der Waals surface area contributed by atoms with Gasteiger partial charge in [0.1, 0.15) is 5.75 Å². The van der Waals surface area contributed by atoms with E-state index in [2.05, 4.69) is 0 Å². The fourth-order valence-electron chi connectivity index (χ4n) is 1.16. The Labute approximate surface area is 77.9 Å². The Kier molecular flexibility index (Phi) is 3.73. The normalized spacial score (nSPS) is 10.1. The Hall–Kier alpha value is -1.06. The van der Waals surface area contributed by atoms with E-state index in [9.17, 15) is 0 Å². The molecule has 0 aliphatic heterocycles. The smallest absolute Gasteiger partial charge is 0.188 e. The molecule has 0 fully saturated rings. The largest absolute Gasteiger partial charge is 0.467 e. The number of benzene rings is 1. The predicted molar refractivity (Wildman–Crippen MR) is 49.6 cm³/mol. The molecule has 0 aliphatic carbocycles. The van der Waals surface area contributed by atoms with Crippen LogP contribution in [0.3, 0.4) is 0 Å². The zero-order chi connectivity index (χ0) is 9.68. The number of aryl methyl sites for hydroxylation is 1. The highest BCUT2D eigenvalue weighted by Gasteiger charge is 2.04. The molecule has 0 aromatic heterocycles. The fourth-order valence-corrected chi connectivity index (χ4v) is 1.16. The van der Waals surface area contributed by atoms with Gasteiger partial charge in [0.2, 0.25) is 0 Å². The Balaban J connectivity index is 2.87. The Bertz CT molecular complexity index is 271. The molecule has 1 N–H and O–H groups in total. The molecule has 0 spiro atoms. The minimum Gasteiger partial charge on any atom is -0.467 e.